The van der Waals surface area contributed by atoms with Crippen molar-refractivity contribution in [2.45, 2.75) is 18.0 Å². The highest BCUT2D eigenvalue weighted by Crippen LogP contribution is 2.34. The van der Waals surface area contributed by atoms with E-state index >= 15 is 0 Å². The zero-order chi connectivity index (χ0) is 21.2. The third kappa shape index (κ3) is 5.57. The normalized spacial score (nSPS) is 15.0. The summed E-state index contributed by atoms with van der Waals surface area (Å²) in [7, 11) is 0. The van der Waals surface area contributed by atoms with Crippen molar-refractivity contribution in [3.63, 3.8) is 0 Å². The monoisotopic (exact) mass is 446 g/mol. The van der Waals surface area contributed by atoms with Crippen molar-refractivity contribution >= 4 is 35.0 Å². The van der Waals surface area contributed by atoms with Gasteiger partial charge in [-0.25, -0.2) is 4.39 Å². The molecule has 1 aliphatic rings. The third-order valence-corrected chi connectivity index (χ3v) is 6.07. The van der Waals surface area contributed by atoms with Gasteiger partial charge in [0.2, 0.25) is 0 Å². The van der Waals surface area contributed by atoms with Gasteiger partial charge in [0.05, 0.1) is 11.4 Å². The van der Waals surface area contributed by atoms with Gasteiger partial charge >= 0.3 is 6.18 Å². The molecule has 0 saturated carbocycles. The van der Waals surface area contributed by atoms with Gasteiger partial charge in [-0.2, -0.15) is 13.2 Å². The summed E-state index contributed by atoms with van der Waals surface area (Å²) < 4.78 is 52.1. The van der Waals surface area contributed by atoms with E-state index < -0.39 is 17.7 Å². The molecule has 0 bridgehead atoms. The Labute approximate surface area is 175 Å². The maximum absolute atomic E-state index is 14.5. The lowest BCUT2D eigenvalue weighted by Crippen LogP contribution is -2.49. The van der Waals surface area contributed by atoms with Crippen LogP contribution in [-0.2, 0) is 0 Å². The van der Waals surface area contributed by atoms with E-state index in [9.17, 15) is 22.4 Å². The molecule has 29 heavy (non-hydrogen) atoms. The number of carbonyl (C=O) groups is 1. The molecule has 1 fully saturated rings. The largest absolute Gasteiger partial charge is 0.398 e. The van der Waals surface area contributed by atoms with E-state index in [2.05, 4.69) is 0 Å². The van der Waals surface area contributed by atoms with Crippen molar-refractivity contribution in [3.8, 4) is 0 Å². The molecule has 9 heteroatoms. The van der Waals surface area contributed by atoms with Crippen molar-refractivity contribution in [2.24, 2.45) is 0 Å². The first-order valence-corrected chi connectivity index (χ1v) is 10.3. The zero-order valence-electron chi connectivity index (χ0n) is 15.6. The standard InChI is InChI=1S/C20H19ClF4N2OS/c1-13-9-16(22)17(11-18(13)29-12-20(23,24)25)26-5-7-27(8-6-26)19(28)14-3-2-4-15(21)10-14/h2-4,9-11H,5-8,12H2,1H3. The Morgan fingerprint density at radius 3 is 2.45 bits per heavy atom. The molecular weight excluding hydrogens is 428 g/mol. The second-order valence-electron chi connectivity index (χ2n) is 6.76. The Hall–Kier alpha value is -1.93. The Morgan fingerprint density at radius 1 is 1.14 bits per heavy atom. The Balaban J connectivity index is 1.69. The summed E-state index contributed by atoms with van der Waals surface area (Å²) in [6.07, 6.45) is -4.29. The number of thioether (sulfide) groups is 1. The van der Waals surface area contributed by atoms with Crippen LogP contribution in [0.25, 0.3) is 0 Å². The van der Waals surface area contributed by atoms with Crippen molar-refractivity contribution in [1.82, 2.24) is 4.90 Å². The maximum Gasteiger partial charge on any atom is 0.398 e. The number of aryl methyl sites for hydroxylation is 1. The van der Waals surface area contributed by atoms with E-state index in [4.69, 9.17) is 11.6 Å². The van der Waals surface area contributed by atoms with Crippen LogP contribution in [0.5, 0.6) is 0 Å². The highest BCUT2D eigenvalue weighted by Gasteiger charge is 2.28. The van der Waals surface area contributed by atoms with E-state index in [0.29, 0.717) is 59.0 Å². The minimum absolute atomic E-state index is 0.155. The summed E-state index contributed by atoms with van der Waals surface area (Å²) in [5, 5.41) is 0.472. The number of alkyl halides is 3. The third-order valence-electron chi connectivity index (χ3n) is 4.61. The van der Waals surface area contributed by atoms with Crippen LogP contribution in [0.15, 0.2) is 41.3 Å². The van der Waals surface area contributed by atoms with Crippen LogP contribution in [0.2, 0.25) is 5.02 Å². The van der Waals surface area contributed by atoms with Crippen molar-refractivity contribution in [2.75, 3.05) is 36.8 Å². The fraction of sp³-hybridized carbons (Fsp3) is 0.350. The number of amides is 1. The number of nitrogens with zero attached hydrogens (tertiary/aromatic N) is 2. The molecule has 1 amide bonds. The molecule has 1 aliphatic heterocycles. The topological polar surface area (TPSA) is 23.6 Å². The predicted octanol–water partition coefficient (Wildman–Crippen LogP) is 5.40. The van der Waals surface area contributed by atoms with E-state index in [1.807, 2.05) is 0 Å². The summed E-state index contributed by atoms with van der Waals surface area (Å²) in [5.74, 6) is -1.66. The first kappa shape index (κ1) is 21.8. The summed E-state index contributed by atoms with van der Waals surface area (Å²) in [4.78, 5) is 16.4. The van der Waals surface area contributed by atoms with Crippen LogP contribution in [0.4, 0.5) is 23.2 Å². The van der Waals surface area contributed by atoms with Gasteiger partial charge in [0, 0.05) is 41.7 Å². The average Bonchev–Trinajstić information content (AvgIpc) is 2.66. The van der Waals surface area contributed by atoms with Gasteiger partial charge in [-0.3, -0.25) is 4.79 Å². The predicted molar refractivity (Wildman–Crippen MR) is 107 cm³/mol. The number of piperazine rings is 1. The molecule has 0 N–H and O–H groups in total. The highest BCUT2D eigenvalue weighted by molar-refractivity contribution is 7.99. The molecule has 0 unspecified atom stereocenters. The van der Waals surface area contributed by atoms with Crippen LogP contribution in [0.3, 0.4) is 0 Å². The molecule has 156 valence electrons. The first-order valence-electron chi connectivity index (χ1n) is 8.93. The summed E-state index contributed by atoms with van der Waals surface area (Å²) in [6.45, 7) is 3.12. The second kappa shape index (κ2) is 8.83. The van der Waals surface area contributed by atoms with Crippen LogP contribution in [-0.4, -0.2) is 48.9 Å². The lowest BCUT2D eigenvalue weighted by atomic mass is 10.1. The summed E-state index contributed by atoms with van der Waals surface area (Å²) in [5.41, 5.74) is 1.21. The Bertz CT molecular complexity index is 899. The number of hydrogen-bond acceptors (Lipinski definition) is 3. The SMILES string of the molecule is Cc1cc(F)c(N2CCN(C(=O)c3cccc(Cl)c3)CC2)cc1SCC(F)(F)F. The molecule has 3 rings (SSSR count). The van der Waals surface area contributed by atoms with Crippen molar-refractivity contribution in [3.05, 3.63) is 58.4 Å². The highest BCUT2D eigenvalue weighted by atomic mass is 35.5. The van der Waals surface area contributed by atoms with E-state index in [0.717, 1.165) is 0 Å². The van der Waals surface area contributed by atoms with Gasteiger partial charge in [0.1, 0.15) is 5.82 Å². The average molecular weight is 447 g/mol. The van der Waals surface area contributed by atoms with Crippen LogP contribution in [0, 0.1) is 12.7 Å². The van der Waals surface area contributed by atoms with Crippen LogP contribution in [0.1, 0.15) is 15.9 Å². The summed E-state index contributed by atoms with van der Waals surface area (Å²) >= 11 is 6.59. The van der Waals surface area contributed by atoms with Crippen molar-refractivity contribution < 1.29 is 22.4 Å². The fourth-order valence-electron chi connectivity index (χ4n) is 3.15. The minimum atomic E-state index is -4.29. The van der Waals surface area contributed by atoms with Crippen LogP contribution >= 0.6 is 23.4 Å². The molecule has 0 spiro atoms. The van der Waals surface area contributed by atoms with Gasteiger partial charge in [-0.1, -0.05) is 17.7 Å². The van der Waals surface area contributed by atoms with E-state index in [1.54, 1.807) is 41.0 Å². The smallest absolute Gasteiger partial charge is 0.366 e. The van der Waals surface area contributed by atoms with Crippen molar-refractivity contribution in [1.29, 1.82) is 0 Å². The number of carbonyl (C=O) groups excluding carboxylic acids is 1. The molecular formula is C20H19ClF4N2OS. The van der Waals surface area contributed by atoms with E-state index in [-0.39, 0.29) is 11.6 Å². The van der Waals surface area contributed by atoms with Gasteiger partial charge in [0.25, 0.3) is 5.91 Å². The number of rotatable bonds is 4. The van der Waals surface area contributed by atoms with Gasteiger partial charge in [0.15, 0.2) is 0 Å². The molecule has 0 atom stereocenters. The van der Waals surface area contributed by atoms with Crippen LogP contribution < -0.4 is 4.90 Å². The molecule has 0 aliphatic carbocycles. The molecule has 1 heterocycles. The van der Waals surface area contributed by atoms with Gasteiger partial charge in [-0.05, 0) is 42.8 Å². The Morgan fingerprint density at radius 2 is 1.83 bits per heavy atom. The van der Waals surface area contributed by atoms with Gasteiger partial charge in [-0.15, -0.1) is 11.8 Å². The van der Waals surface area contributed by atoms with Gasteiger partial charge < -0.3 is 9.80 Å². The van der Waals surface area contributed by atoms with E-state index in [1.165, 1.54) is 12.1 Å². The quantitative estimate of drug-likeness (QED) is 0.464. The fourth-order valence-corrected chi connectivity index (χ4v) is 4.15. The number of halogens is 5. The molecule has 1 saturated heterocycles. The zero-order valence-corrected chi connectivity index (χ0v) is 17.2. The molecule has 3 nitrogen and oxygen atoms in total. The summed E-state index contributed by atoms with van der Waals surface area (Å²) in [6, 6.07) is 9.40. The molecule has 0 radical (unpaired) electrons. The first-order chi connectivity index (χ1) is 13.6. The Kier molecular flexibility index (Phi) is 6.63. The molecule has 2 aromatic carbocycles. The number of hydrogen-bond donors (Lipinski definition) is 0. The minimum Gasteiger partial charge on any atom is -0.366 e. The molecule has 2 aromatic rings. The number of benzene rings is 2. The lowest BCUT2D eigenvalue weighted by molar-refractivity contribution is -0.105. The number of anilines is 1. The maximum atomic E-state index is 14.5. The lowest BCUT2D eigenvalue weighted by Gasteiger charge is -2.36. The second-order valence-corrected chi connectivity index (χ2v) is 8.22. The molecule has 0 aromatic heterocycles.